The summed E-state index contributed by atoms with van der Waals surface area (Å²) in [5, 5.41) is 7.05. The zero-order valence-electron chi connectivity index (χ0n) is 11.9. The van der Waals surface area contributed by atoms with E-state index in [0.29, 0.717) is 29.8 Å². The molecule has 1 aliphatic carbocycles. The standard InChI is InChI=1S/C14H22N4O2/c1-18(7-9-3-2-6-20-8-9)14(19)13-11(15)12(16-17-13)10-4-5-10/h9-10H,2-8,15H2,1H3,(H,16,17). The fourth-order valence-electron chi connectivity index (χ4n) is 2.81. The van der Waals surface area contributed by atoms with E-state index in [1.54, 1.807) is 4.90 Å². The number of hydrogen-bond acceptors (Lipinski definition) is 4. The zero-order valence-corrected chi connectivity index (χ0v) is 11.9. The van der Waals surface area contributed by atoms with Gasteiger partial charge in [0.15, 0.2) is 5.69 Å². The fourth-order valence-corrected chi connectivity index (χ4v) is 2.81. The maximum atomic E-state index is 12.4. The van der Waals surface area contributed by atoms with Crippen molar-refractivity contribution in [1.29, 1.82) is 0 Å². The molecule has 1 atom stereocenters. The van der Waals surface area contributed by atoms with Crippen molar-refractivity contribution in [2.75, 3.05) is 32.5 Å². The highest BCUT2D eigenvalue weighted by atomic mass is 16.5. The van der Waals surface area contributed by atoms with Crippen molar-refractivity contribution in [3.05, 3.63) is 11.4 Å². The van der Waals surface area contributed by atoms with Crippen LogP contribution in [0.5, 0.6) is 0 Å². The molecule has 1 aromatic rings. The van der Waals surface area contributed by atoms with Gasteiger partial charge in [-0.05, 0) is 31.6 Å². The van der Waals surface area contributed by atoms with E-state index in [-0.39, 0.29) is 5.91 Å². The average Bonchev–Trinajstić information content (AvgIpc) is 3.22. The Bertz CT molecular complexity index is 489. The smallest absolute Gasteiger partial charge is 0.276 e. The molecule has 0 aromatic carbocycles. The summed E-state index contributed by atoms with van der Waals surface area (Å²) in [5.74, 6) is 0.790. The Hall–Kier alpha value is -1.56. The van der Waals surface area contributed by atoms with Crippen molar-refractivity contribution in [3.8, 4) is 0 Å². The predicted molar refractivity (Wildman–Crippen MR) is 75.5 cm³/mol. The van der Waals surface area contributed by atoms with Crippen molar-refractivity contribution < 1.29 is 9.53 Å². The summed E-state index contributed by atoms with van der Waals surface area (Å²) in [7, 11) is 1.81. The van der Waals surface area contributed by atoms with Crippen LogP contribution in [0.4, 0.5) is 5.69 Å². The monoisotopic (exact) mass is 278 g/mol. The summed E-state index contributed by atoms with van der Waals surface area (Å²) < 4.78 is 5.45. The summed E-state index contributed by atoms with van der Waals surface area (Å²) in [5.41, 5.74) is 7.88. The first-order chi connectivity index (χ1) is 9.66. The van der Waals surface area contributed by atoms with Gasteiger partial charge in [-0.3, -0.25) is 9.89 Å². The molecule has 1 saturated heterocycles. The number of amides is 1. The molecule has 2 fully saturated rings. The van der Waals surface area contributed by atoms with Gasteiger partial charge < -0.3 is 15.4 Å². The molecule has 3 N–H and O–H groups in total. The van der Waals surface area contributed by atoms with Gasteiger partial charge >= 0.3 is 0 Å². The highest BCUT2D eigenvalue weighted by Crippen LogP contribution is 2.42. The van der Waals surface area contributed by atoms with Crippen LogP contribution < -0.4 is 5.73 Å². The number of rotatable bonds is 4. The molecular weight excluding hydrogens is 256 g/mol. The topological polar surface area (TPSA) is 84.2 Å². The van der Waals surface area contributed by atoms with Crippen molar-refractivity contribution >= 4 is 11.6 Å². The van der Waals surface area contributed by atoms with Gasteiger partial charge in [0.2, 0.25) is 0 Å². The molecule has 3 rings (SSSR count). The lowest BCUT2D eigenvalue weighted by Gasteiger charge is -2.26. The zero-order chi connectivity index (χ0) is 14.1. The SMILES string of the molecule is CN(CC1CCCOC1)C(=O)c1n[nH]c(C2CC2)c1N. The minimum atomic E-state index is -0.101. The van der Waals surface area contributed by atoms with E-state index in [9.17, 15) is 4.79 Å². The number of nitrogens with zero attached hydrogens (tertiary/aromatic N) is 2. The molecule has 6 nitrogen and oxygen atoms in total. The molecule has 1 aliphatic heterocycles. The van der Waals surface area contributed by atoms with Crippen LogP contribution in [0.1, 0.15) is 47.8 Å². The Kier molecular flexibility index (Phi) is 3.65. The number of H-pyrrole nitrogens is 1. The van der Waals surface area contributed by atoms with Crippen molar-refractivity contribution in [1.82, 2.24) is 15.1 Å². The van der Waals surface area contributed by atoms with E-state index < -0.39 is 0 Å². The minimum absolute atomic E-state index is 0.101. The largest absolute Gasteiger partial charge is 0.395 e. The highest BCUT2D eigenvalue weighted by molar-refractivity contribution is 5.97. The van der Waals surface area contributed by atoms with Gasteiger partial charge in [-0.25, -0.2) is 0 Å². The summed E-state index contributed by atoms with van der Waals surface area (Å²) >= 11 is 0. The van der Waals surface area contributed by atoms with E-state index in [2.05, 4.69) is 10.2 Å². The Labute approximate surface area is 118 Å². The third kappa shape index (κ3) is 2.65. The quantitative estimate of drug-likeness (QED) is 0.871. The van der Waals surface area contributed by atoms with E-state index in [1.165, 1.54) is 0 Å². The molecule has 0 radical (unpaired) electrons. The Morgan fingerprint density at radius 3 is 2.95 bits per heavy atom. The Morgan fingerprint density at radius 1 is 1.50 bits per heavy atom. The van der Waals surface area contributed by atoms with Gasteiger partial charge in [-0.1, -0.05) is 0 Å². The van der Waals surface area contributed by atoms with Crippen LogP contribution in [0, 0.1) is 5.92 Å². The number of nitrogen functional groups attached to an aromatic ring is 1. The van der Waals surface area contributed by atoms with Crippen LogP contribution >= 0.6 is 0 Å². The summed E-state index contributed by atoms with van der Waals surface area (Å²) in [6.45, 7) is 2.27. The molecule has 20 heavy (non-hydrogen) atoms. The average molecular weight is 278 g/mol. The van der Waals surface area contributed by atoms with Crippen molar-refractivity contribution in [2.24, 2.45) is 5.92 Å². The number of nitrogens with one attached hydrogen (secondary N) is 1. The van der Waals surface area contributed by atoms with Crippen molar-refractivity contribution in [2.45, 2.75) is 31.6 Å². The number of aromatic amines is 1. The van der Waals surface area contributed by atoms with Crippen LogP contribution in [-0.4, -0.2) is 47.8 Å². The van der Waals surface area contributed by atoms with E-state index in [1.807, 2.05) is 7.05 Å². The summed E-state index contributed by atoms with van der Waals surface area (Å²) in [6, 6.07) is 0. The molecule has 1 unspecified atom stereocenters. The molecular formula is C14H22N4O2. The van der Waals surface area contributed by atoms with Crippen LogP contribution in [-0.2, 0) is 4.74 Å². The lowest BCUT2D eigenvalue weighted by atomic mass is 10.0. The third-order valence-electron chi connectivity index (χ3n) is 4.15. The highest BCUT2D eigenvalue weighted by Gasteiger charge is 2.31. The second-order valence-corrected chi connectivity index (χ2v) is 5.94. The number of anilines is 1. The first-order valence-corrected chi connectivity index (χ1v) is 7.33. The number of carbonyl (C=O) groups excluding carboxylic acids is 1. The summed E-state index contributed by atoms with van der Waals surface area (Å²) in [6.07, 6.45) is 4.45. The number of carbonyl (C=O) groups is 1. The van der Waals surface area contributed by atoms with Gasteiger partial charge in [-0.2, -0.15) is 5.10 Å². The lowest BCUT2D eigenvalue weighted by molar-refractivity contribution is 0.0387. The van der Waals surface area contributed by atoms with E-state index in [0.717, 1.165) is 44.6 Å². The van der Waals surface area contributed by atoms with Crippen molar-refractivity contribution in [3.63, 3.8) is 0 Å². The molecule has 0 spiro atoms. The van der Waals surface area contributed by atoms with Crippen LogP contribution in [0.15, 0.2) is 0 Å². The molecule has 1 saturated carbocycles. The third-order valence-corrected chi connectivity index (χ3v) is 4.15. The minimum Gasteiger partial charge on any atom is -0.395 e. The Morgan fingerprint density at radius 2 is 2.30 bits per heavy atom. The maximum Gasteiger partial charge on any atom is 0.276 e. The first kappa shape index (κ1) is 13.4. The van der Waals surface area contributed by atoms with Crippen LogP contribution in [0.2, 0.25) is 0 Å². The molecule has 1 amide bonds. The normalized spacial score (nSPS) is 22.8. The van der Waals surface area contributed by atoms with Gasteiger partial charge in [0.25, 0.3) is 5.91 Å². The van der Waals surface area contributed by atoms with Gasteiger partial charge in [0.05, 0.1) is 18.0 Å². The number of ether oxygens (including phenoxy) is 1. The number of nitrogens with two attached hydrogens (primary N) is 1. The molecule has 2 heterocycles. The van der Waals surface area contributed by atoms with Gasteiger partial charge in [-0.15, -0.1) is 0 Å². The maximum absolute atomic E-state index is 12.4. The second kappa shape index (κ2) is 5.44. The van der Waals surface area contributed by atoms with Crippen LogP contribution in [0.25, 0.3) is 0 Å². The molecule has 6 heteroatoms. The predicted octanol–water partition coefficient (Wildman–Crippen LogP) is 1.37. The number of aromatic nitrogens is 2. The molecule has 1 aromatic heterocycles. The lowest BCUT2D eigenvalue weighted by Crippen LogP contribution is -2.35. The van der Waals surface area contributed by atoms with Gasteiger partial charge in [0.1, 0.15) is 0 Å². The number of hydrogen-bond donors (Lipinski definition) is 2. The van der Waals surface area contributed by atoms with Crippen LogP contribution in [0.3, 0.4) is 0 Å². The molecule has 110 valence electrons. The summed E-state index contributed by atoms with van der Waals surface area (Å²) in [4.78, 5) is 14.1. The van der Waals surface area contributed by atoms with E-state index >= 15 is 0 Å². The molecule has 2 aliphatic rings. The first-order valence-electron chi connectivity index (χ1n) is 7.33. The van der Waals surface area contributed by atoms with E-state index in [4.69, 9.17) is 10.5 Å². The van der Waals surface area contributed by atoms with Gasteiger partial charge in [0, 0.05) is 26.1 Å². The fraction of sp³-hybridized carbons (Fsp3) is 0.714. The molecule has 0 bridgehead atoms. The second-order valence-electron chi connectivity index (χ2n) is 5.94. The Balaban J connectivity index is 1.65.